The SMILES string of the molecule is O=C(c1ccccn1)N1CCN(CC(=O)N2CCc3ccccc32)CC1. The van der Waals surface area contributed by atoms with E-state index in [9.17, 15) is 9.59 Å². The quantitative estimate of drug-likeness (QED) is 0.840. The molecule has 1 aromatic heterocycles. The minimum atomic E-state index is -0.0370. The van der Waals surface area contributed by atoms with Crippen LogP contribution in [0.5, 0.6) is 0 Å². The molecule has 1 aromatic carbocycles. The summed E-state index contributed by atoms with van der Waals surface area (Å²) in [5.41, 5.74) is 2.76. The number of amides is 2. The molecule has 6 heteroatoms. The van der Waals surface area contributed by atoms with Gasteiger partial charge in [0.1, 0.15) is 5.69 Å². The summed E-state index contributed by atoms with van der Waals surface area (Å²) < 4.78 is 0. The molecule has 3 heterocycles. The smallest absolute Gasteiger partial charge is 0.272 e. The first-order valence-corrected chi connectivity index (χ1v) is 9.03. The second-order valence-corrected chi connectivity index (χ2v) is 6.71. The average molecular weight is 350 g/mol. The number of carbonyl (C=O) groups is 2. The van der Waals surface area contributed by atoms with E-state index in [0.29, 0.717) is 38.4 Å². The number of pyridine rings is 1. The van der Waals surface area contributed by atoms with Crippen LogP contribution in [0.25, 0.3) is 0 Å². The summed E-state index contributed by atoms with van der Waals surface area (Å²) in [6.07, 6.45) is 2.56. The number of rotatable bonds is 3. The van der Waals surface area contributed by atoms with Gasteiger partial charge in [-0.05, 0) is 30.2 Å². The lowest BCUT2D eigenvalue weighted by molar-refractivity contribution is -0.120. The van der Waals surface area contributed by atoms with Gasteiger partial charge in [0.15, 0.2) is 0 Å². The largest absolute Gasteiger partial charge is 0.335 e. The first-order chi connectivity index (χ1) is 12.7. The lowest BCUT2D eigenvalue weighted by Crippen LogP contribution is -2.51. The highest BCUT2D eigenvalue weighted by atomic mass is 16.2. The third kappa shape index (κ3) is 3.32. The first kappa shape index (κ1) is 16.7. The van der Waals surface area contributed by atoms with E-state index in [2.05, 4.69) is 16.0 Å². The number of anilines is 1. The van der Waals surface area contributed by atoms with Crippen molar-refractivity contribution >= 4 is 17.5 Å². The molecule has 134 valence electrons. The van der Waals surface area contributed by atoms with Crippen molar-refractivity contribution in [3.8, 4) is 0 Å². The second-order valence-electron chi connectivity index (χ2n) is 6.71. The molecule has 2 amide bonds. The number of hydrogen-bond acceptors (Lipinski definition) is 4. The Bertz CT molecular complexity index is 800. The Balaban J connectivity index is 1.32. The summed E-state index contributed by atoms with van der Waals surface area (Å²) in [7, 11) is 0. The number of nitrogens with zero attached hydrogens (tertiary/aromatic N) is 4. The third-order valence-corrected chi connectivity index (χ3v) is 5.09. The number of piperazine rings is 1. The molecule has 0 unspecified atom stereocenters. The Morgan fingerprint density at radius 1 is 0.923 bits per heavy atom. The molecule has 0 saturated carbocycles. The van der Waals surface area contributed by atoms with Crippen molar-refractivity contribution in [2.45, 2.75) is 6.42 Å². The Morgan fingerprint density at radius 2 is 1.69 bits per heavy atom. The average Bonchev–Trinajstić information content (AvgIpc) is 3.13. The normalized spacial score (nSPS) is 17.2. The number of para-hydroxylation sites is 1. The van der Waals surface area contributed by atoms with E-state index in [1.807, 2.05) is 34.1 Å². The van der Waals surface area contributed by atoms with Gasteiger partial charge in [-0.2, -0.15) is 0 Å². The van der Waals surface area contributed by atoms with Gasteiger partial charge < -0.3 is 9.80 Å². The highest BCUT2D eigenvalue weighted by molar-refractivity contribution is 5.96. The molecule has 0 spiro atoms. The van der Waals surface area contributed by atoms with E-state index < -0.39 is 0 Å². The molecular formula is C20H22N4O2. The summed E-state index contributed by atoms with van der Waals surface area (Å²) >= 11 is 0. The molecule has 1 fully saturated rings. The number of benzene rings is 1. The number of carbonyl (C=O) groups excluding carboxylic acids is 2. The predicted molar refractivity (Wildman–Crippen MR) is 99.1 cm³/mol. The topological polar surface area (TPSA) is 56.8 Å². The van der Waals surface area contributed by atoms with Gasteiger partial charge in [-0.15, -0.1) is 0 Å². The zero-order valence-corrected chi connectivity index (χ0v) is 14.7. The summed E-state index contributed by atoms with van der Waals surface area (Å²) in [5, 5.41) is 0. The van der Waals surface area contributed by atoms with Crippen LogP contribution in [0.4, 0.5) is 5.69 Å². The Hall–Kier alpha value is -2.73. The van der Waals surface area contributed by atoms with Gasteiger partial charge in [0, 0.05) is 44.6 Å². The molecule has 2 aromatic rings. The Labute approximate surface area is 153 Å². The molecule has 0 atom stereocenters. The molecule has 2 aliphatic rings. The summed E-state index contributed by atoms with van der Waals surface area (Å²) in [5.74, 6) is 0.101. The summed E-state index contributed by atoms with van der Waals surface area (Å²) in [6.45, 7) is 3.83. The fourth-order valence-electron chi connectivity index (χ4n) is 3.63. The predicted octanol–water partition coefficient (Wildman–Crippen LogP) is 1.43. The highest BCUT2D eigenvalue weighted by Gasteiger charge is 2.28. The zero-order chi connectivity index (χ0) is 17.9. The minimum Gasteiger partial charge on any atom is -0.335 e. The van der Waals surface area contributed by atoms with Crippen molar-refractivity contribution in [3.05, 3.63) is 59.9 Å². The van der Waals surface area contributed by atoms with Gasteiger partial charge in [-0.25, -0.2) is 0 Å². The van der Waals surface area contributed by atoms with Gasteiger partial charge in [0.05, 0.1) is 6.54 Å². The highest BCUT2D eigenvalue weighted by Crippen LogP contribution is 2.27. The lowest BCUT2D eigenvalue weighted by Gasteiger charge is -2.34. The molecule has 1 saturated heterocycles. The summed E-state index contributed by atoms with van der Waals surface area (Å²) in [4.78, 5) is 35.1. The molecular weight excluding hydrogens is 328 g/mol. The number of aromatic nitrogens is 1. The molecule has 0 N–H and O–H groups in total. The van der Waals surface area contributed by atoms with Crippen LogP contribution in [0.3, 0.4) is 0 Å². The number of fused-ring (bicyclic) bond motifs is 1. The van der Waals surface area contributed by atoms with Crippen LogP contribution in [0.2, 0.25) is 0 Å². The maximum atomic E-state index is 12.7. The van der Waals surface area contributed by atoms with Gasteiger partial charge in [0.2, 0.25) is 5.91 Å². The van der Waals surface area contributed by atoms with E-state index in [1.165, 1.54) is 5.56 Å². The molecule has 2 aliphatic heterocycles. The van der Waals surface area contributed by atoms with E-state index in [0.717, 1.165) is 18.7 Å². The number of hydrogen-bond donors (Lipinski definition) is 0. The van der Waals surface area contributed by atoms with Gasteiger partial charge in [-0.1, -0.05) is 24.3 Å². The Morgan fingerprint density at radius 3 is 2.46 bits per heavy atom. The van der Waals surface area contributed by atoms with Crippen molar-refractivity contribution < 1.29 is 9.59 Å². The fourth-order valence-corrected chi connectivity index (χ4v) is 3.63. The van der Waals surface area contributed by atoms with Gasteiger partial charge in [0.25, 0.3) is 5.91 Å². The molecule has 0 bridgehead atoms. The van der Waals surface area contributed by atoms with E-state index in [4.69, 9.17) is 0 Å². The van der Waals surface area contributed by atoms with Crippen molar-refractivity contribution in [3.63, 3.8) is 0 Å². The lowest BCUT2D eigenvalue weighted by atomic mass is 10.2. The van der Waals surface area contributed by atoms with Crippen LogP contribution in [0, 0.1) is 0 Å². The van der Waals surface area contributed by atoms with Crippen molar-refractivity contribution in [2.24, 2.45) is 0 Å². The molecule has 0 aliphatic carbocycles. The van der Waals surface area contributed by atoms with Crippen LogP contribution >= 0.6 is 0 Å². The van der Waals surface area contributed by atoms with Gasteiger partial charge >= 0.3 is 0 Å². The van der Waals surface area contributed by atoms with Crippen LogP contribution in [-0.2, 0) is 11.2 Å². The van der Waals surface area contributed by atoms with Crippen LogP contribution in [0.1, 0.15) is 16.1 Å². The maximum Gasteiger partial charge on any atom is 0.272 e. The zero-order valence-electron chi connectivity index (χ0n) is 14.7. The van der Waals surface area contributed by atoms with Crippen molar-refractivity contribution in [2.75, 3.05) is 44.2 Å². The van der Waals surface area contributed by atoms with E-state index >= 15 is 0 Å². The molecule has 4 rings (SSSR count). The third-order valence-electron chi connectivity index (χ3n) is 5.09. The van der Waals surface area contributed by atoms with E-state index in [1.54, 1.807) is 18.3 Å². The van der Waals surface area contributed by atoms with E-state index in [-0.39, 0.29) is 11.8 Å². The first-order valence-electron chi connectivity index (χ1n) is 9.03. The van der Waals surface area contributed by atoms with Crippen LogP contribution in [-0.4, -0.2) is 65.9 Å². The molecule has 26 heavy (non-hydrogen) atoms. The molecule has 6 nitrogen and oxygen atoms in total. The van der Waals surface area contributed by atoms with Crippen LogP contribution in [0.15, 0.2) is 48.7 Å². The fraction of sp³-hybridized carbons (Fsp3) is 0.350. The Kier molecular flexibility index (Phi) is 4.67. The second kappa shape index (κ2) is 7.25. The molecule has 0 radical (unpaired) electrons. The van der Waals surface area contributed by atoms with Crippen molar-refractivity contribution in [1.82, 2.24) is 14.8 Å². The van der Waals surface area contributed by atoms with Gasteiger partial charge in [-0.3, -0.25) is 19.5 Å². The maximum absolute atomic E-state index is 12.7. The monoisotopic (exact) mass is 350 g/mol. The summed E-state index contributed by atoms with van der Waals surface area (Å²) in [6, 6.07) is 13.5. The van der Waals surface area contributed by atoms with Crippen LogP contribution < -0.4 is 4.90 Å². The van der Waals surface area contributed by atoms with Crippen molar-refractivity contribution in [1.29, 1.82) is 0 Å². The standard InChI is InChI=1S/C20H22N4O2/c25-19(24-10-8-16-5-1-2-7-18(16)24)15-22-11-13-23(14-12-22)20(26)17-6-3-4-9-21-17/h1-7,9H,8,10-15H2. The minimum absolute atomic E-state index is 0.0370.